The van der Waals surface area contributed by atoms with Crippen LogP contribution < -0.4 is 15.1 Å². The van der Waals surface area contributed by atoms with Gasteiger partial charge >= 0.3 is 5.97 Å². The number of carbonyl (C=O) groups is 1. The lowest BCUT2D eigenvalue weighted by Gasteiger charge is -2.69. The first kappa shape index (κ1) is 38.7. The van der Waals surface area contributed by atoms with Gasteiger partial charge in [-0.25, -0.2) is 14.8 Å². The van der Waals surface area contributed by atoms with Crippen LogP contribution in [0, 0.1) is 30.1 Å². The first-order valence-electron chi connectivity index (χ1n) is 21.9. The van der Waals surface area contributed by atoms with Crippen molar-refractivity contribution in [3.05, 3.63) is 65.1 Å². The number of quaternary nitrogens is 1. The second-order valence-electron chi connectivity index (χ2n) is 19.6. The number of aromatic nitrogens is 6. The van der Waals surface area contributed by atoms with E-state index in [1.807, 2.05) is 41.4 Å². The summed E-state index contributed by atoms with van der Waals surface area (Å²) >= 11 is 1.58. The highest BCUT2D eigenvalue weighted by Gasteiger charge is 2.66. The molecule has 310 valence electrons. The maximum atomic E-state index is 13.0. The Morgan fingerprint density at radius 1 is 0.915 bits per heavy atom. The number of carboxylic acid groups (broad SMARTS) is 1. The molecule has 2 aliphatic heterocycles. The maximum absolute atomic E-state index is 13.0. The Labute approximate surface area is 350 Å². The topological polar surface area (TPSA) is 136 Å². The van der Waals surface area contributed by atoms with Gasteiger partial charge in [-0.05, 0) is 131 Å². The second kappa shape index (κ2) is 14.6. The zero-order chi connectivity index (χ0) is 40.6. The molecule has 1 aromatic carbocycles. The molecular weight excluding hydrogens is 759 g/mol. The average molecular weight is 817 g/mol. The maximum Gasteiger partial charge on any atom is 0.355 e. The SMILES string of the molecule is Cc1c(Nc2nc3ccccc3s2)nnc2c1CCCN2c1ccc(-c2cnn(CC34CC5(OCC[NH+]6CCCCCC6)C[C@](C)(C3)C[C@](C)(C4)C5)c2C)c(C(=O)O)n1. The van der Waals surface area contributed by atoms with E-state index in [9.17, 15) is 9.90 Å². The molecule has 2 unspecified atom stereocenters. The summed E-state index contributed by atoms with van der Waals surface area (Å²) in [5, 5.41) is 29.0. The van der Waals surface area contributed by atoms with E-state index >= 15 is 0 Å². The number of aromatic carboxylic acids is 1. The quantitative estimate of drug-likeness (QED) is 0.120. The molecule has 5 aromatic rings. The van der Waals surface area contributed by atoms with Crippen LogP contribution in [0.25, 0.3) is 21.3 Å². The Morgan fingerprint density at radius 2 is 1.69 bits per heavy atom. The van der Waals surface area contributed by atoms with Gasteiger partial charge in [0.05, 0.1) is 41.7 Å². The minimum atomic E-state index is -1.06. The largest absolute Gasteiger partial charge is 0.476 e. The van der Waals surface area contributed by atoms with Gasteiger partial charge in [-0.2, -0.15) is 5.10 Å². The van der Waals surface area contributed by atoms with Crippen LogP contribution in [0.15, 0.2) is 42.6 Å². The number of hydrogen-bond acceptors (Lipinski definition) is 10. The van der Waals surface area contributed by atoms with E-state index in [-0.39, 0.29) is 27.5 Å². The Bertz CT molecular complexity index is 2370. The van der Waals surface area contributed by atoms with E-state index in [2.05, 4.69) is 54.0 Å². The molecule has 12 nitrogen and oxygen atoms in total. The van der Waals surface area contributed by atoms with E-state index < -0.39 is 5.97 Å². The number of carboxylic acids is 1. The molecule has 4 bridgehead atoms. The molecule has 6 aliphatic rings. The van der Waals surface area contributed by atoms with E-state index in [1.54, 1.807) is 16.2 Å². The molecule has 0 radical (unpaired) electrons. The van der Waals surface area contributed by atoms with Gasteiger partial charge in [0.15, 0.2) is 22.5 Å². The fraction of sp³-hybridized carbons (Fsp3) is 0.565. The van der Waals surface area contributed by atoms with Gasteiger partial charge in [0.25, 0.3) is 0 Å². The summed E-state index contributed by atoms with van der Waals surface area (Å²) in [7, 11) is 0. The van der Waals surface area contributed by atoms with Crippen molar-refractivity contribution >= 4 is 50.1 Å². The van der Waals surface area contributed by atoms with Crippen LogP contribution in [0.1, 0.15) is 112 Å². The molecular formula is C46H58N9O3S+. The molecule has 0 spiro atoms. The normalized spacial score (nSPS) is 27.9. The van der Waals surface area contributed by atoms with Gasteiger partial charge in [0, 0.05) is 41.0 Å². The van der Waals surface area contributed by atoms with Crippen molar-refractivity contribution in [2.75, 3.05) is 43.0 Å². The molecule has 3 N–H and O–H groups in total. The van der Waals surface area contributed by atoms with Gasteiger partial charge in [0.2, 0.25) is 0 Å². The number of likely N-dealkylation sites (tertiary alicyclic amines) is 1. The molecule has 4 atom stereocenters. The minimum Gasteiger partial charge on any atom is -0.476 e. The van der Waals surface area contributed by atoms with Crippen LogP contribution in [0.5, 0.6) is 0 Å². The van der Waals surface area contributed by atoms with Crippen molar-refractivity contribution in [1.29, 1.82) is 0 Å². The standard InChI is InChI=1S/C46H57N9O3S/c1-30-32-12-11-19-54(40(32)52-51-39(30)50-42-48-35-13-7-8-14-36(35)59-42)37-16-15-33(38(49-37)41(56)57)34-22-47-55(31(34)2)29-45-24-43(3)23-44(4,25-45)27-46(26-43,28-45)58-21-20-53-17-9-5-6-10-18-53/h7-8,13-16,22H,5-6,9-12,17-21,23-29H2,1-4H3,(H,56,57)(H,48,50,51)/p+1/t43-,44+,45?,46?. The van der Waals surface area contributed by atoms with Gasteiger partial charge in [-0.1, -0.05) is 37.3 Å². The summed E-state index contributed by atoms with van der Waals surface area (Å²) in [4.78, 5) is 26.2. The molecule has 4 saturated carbocycles. The van der Waals surface area contributed by atoms with Crippen LogP contribution in [-0.4, -0.2) is 79.4 Å². The molecule has 0 amide bonds. The predicted octanol–water partition coefficient (Wildman–Crippen LogP) is 8.08. The summed E-state index contributed by atoms with van der Waals surface area (Å²) in [6.45, 7) is 15.2. The number of hydrogen-bond donors (Lipinski definition) is 3. The van der Waals surface area contributed by atoms with Crippen molar-refractivity contribution in [2.24, 2.45) is 16.2 Å². The van der Waals surface area contributed by atoms with E-state index in [0.29, 0.717) is 29.6 Å². The summed E-state index contributed by atoms with van der Waals surface area (Å²) in [6, 6.07) is 11.9. The number of benzene rings is 1. The van der Waals surface area contributed by atoms with Crippen molar-refractivity contribution in [1.82, 2.24) is 29.9 Å². The van der Waals surface area contributed by atoms with E-state index in [0.717, 1.165) is 89.5 Å². The molecule has 11 rings (SSSR count). The van der Waals surface area contributed by atoms with Gasteiger partial charge in [0.1, 0.15) is 12.4 Å². The summed E-state index contributed by atoms with van der Waals surface area (Å²) < 4.78 is 10.4. The zero-order valence-electron chi connectivity index (χ0n) is 35.1. The third kappa shape index (κ3) is 7.20. The number of para-hydroxylation sites is 1. The summed E-state index contributed by atoms with van der Waals surface area (Å²) in [6.07, 6.45) is 16.0. The first-order chi connectivity index (χ1) is 28.4. The number of nitrogens with one attached hydrogen (secondary N) is 2. The second-order valence-corrected chi connectivity index (χ2v) is 20.7. The van der Waals surface area contributed by atoms with Crippen LogP contribution in [0.4, 0.5) is 22.6 Å². The van der Waals surface area contributed by atoms with E-state index in [1.165, 1.54) is 58.0 Å². The van der Waals surface area contributed by atoms with Gasteiger partial charge in [-0.3, -0.25) is 4.68 Å². The van der Waals surface area contributed by atoms with Crippen LogP contribution in [0.2, 0.25) is 0 Å². The molecule has 59 heavy (non-hydrogen) atoms. The molecule has 6 heterocycles. The van der Waals surface area contributed by atoms with Crippen LogP contribution >= 0.6 is 11.3 Å². The molecule has 13 heteroatoms. The zero-order valence-corrected chi connectivity index (χ0v) is 35.9. The van der Waals surface area contributed by atoms with Gasteiger partial charge in [-0.15, -0.1) is 10.2 Å². The highest BCUT2D eigenvalue weighted by atomic mass is 32.1. The molecule has 4 aliphatic carbocycles. The fourth-order valence-corrected chi connectivity index (χ4v) is 14.0. The van der Waals surface area contributed by atoms with E-state index in [4.69, 9.17) is 19.8 Å². The number of nitrogens with zero attached hydrogens (tertiary/aromatic N) is 7. The molecule has 1 saturated heterocycles. The number of ether oxygens (including phenoxy) is 1. The predicted molar refractivity (Wildman–Crippen MR) is 231 cm³/mol. The van der Waals surface area contributed by atoms with Crippen LogP contribution in [-0.2, 0) is 17.7 Å². The van der Waals surface area contributed by atoms with Crippen molar-refractivity contribution in [2.45, 2.75) is 117 Å². The Hall–Kier alpha value is -4.46. The van der Waals surface area contributed by atoms with Crippen LogP contribution in [0.3, 0.4) is 0 Å². The highest BCUT2D eigenvalue weighted by molar-refractivity contribution is 7.22. The Morgan fingerprint density at radius 3 is 2.46 bits per heavy atom. The fourth-order valence-electron chi connectivity index (χ4n) is 13.2. The smallest absolute Gasteiger partial charge is 0.355 e. The first-order valence-corrected chi connectivity index (χ1v) is 22.7. The van der Waals surface area contributed by atoms with Crippen molar-refractivity contribution in [3.8, 4) is 11.1 Å². The van der Waals surface area contributed by atoms with Crippen molar-refractivity contribution < 1.29 is 19.5 Å². The molecule has 5 fully saturated rings. The molecule has 4 aromatic heterocycles. The minimum absolute atomic E-state index is 0.0183. The lowest BCUT2D eigenvalue weighted by atomic mass is 9.39. The van der Waals surface area contributed by atoms with Crippen molar-refractivity contribution in [3.63, 3.8) is 0 Å². The number of thiazole rings is 1. The average Bonchev–Trinajstić information content (AvgIpc) is 3.65. The lowest BCUT2D eigenvalue weighted by Crippen LogP contribution is -3.12. The number of fused-ring (bicyclic) bond motifs is 2. The Kier molecular flexibility index (Phi) is 9.60. The highest BCUT2D eigenvalue weighted by Crippen LogP contribution is 2.72. The third-order valence-corrected chi connectivity index (χ3v) is 15.4. The third-order valence-electron chi connectivity index (χ3n) is 14.5. The number of pyridine rings is 1. The number of rotatable bonds is 11. The Balaban J connectivity index is 0.893. The monoisotopic (exact) mass is 816 g/mol. The number of anilines is 4. The lowest BCUT2D eigenvalue weighted by molar-refractivity contribution is -0.899. The van der Waals surface area contributed by atoms with Gasteiger partial charge < -0.3 is 25.0 Å². The summed E-state index contributed by atoms with van der Waals surface area (Å²) in [5.41, 5.74) is 5.94. The summed E-state index contributed by atoms with van der Waals surface area (Å²) in [5.74, 6) is 0.879.